The highest BCUT2D eigenvalue weighted by Gasteiger charge is 2.02. The molecule has 5 nitrogen and oxygen atoms in total. The fourth-order valence-corrected chi connectivity index (χ4v) is 1.97. The van der Waals surface area contributed by atoms with Crippen LogP contribution in [0.2, 0.25) is 0 Å². The maximum Gasteiger partial charge on any atom is 0.0645 e. The molecular formula is C14H14N4O. The Bertz CT molecular complexity index is 640. The third kappa shape index (κ3) is 2.41. The molecule has 0 aliphatic heterocycles. The lowest BCUT2D eigenvalue weighted by Crippen LogP contribution is -2.01. The van der Waals surface area contributed by atoms with Gasteiger partial charge in [-0.2, -0.15) is 10.2 Å². The number of aromatic nitrogens is 4. The Labute approximate surface area is 110 Å². The zero-order valence-corrected chi connectivity index (χ0v) is 10.3. The van der Waals surface area contributed by atoms with E-state index in [0.717, 1.165) is 16.8 Å². The lowest BCUT2D eigenvalue weighted by Gasteiger charge is -2.02. The van der Waals surface area contributed by atoms with Crippen LogP contribution in [-0.2, 0) is 6.54 Å². The van der Waals surface area contributed by atoms with E-state index in [1.54, 1.807) is 17.1 Å². The molecule has 3 rings (SSSR count). The van der Waals surface area contributed by atoms with Gasteiger partial charge < -0.3 is 5.11 Å². The van der Waals surface area contributed by atoms with Crippen LogP contribution in [0.5, 0.6) is 0 Å². The summed E-state index contributed by atoms with van der Waals surface area (Å²) in [6.07, 6.45) is 7.40. The highest BCUT2D eigenvalue weighted by atomic mass is 16.3. The van der Waals surface area contributed by atoms with Crippen LogP contribution >= 0.6 is 0 Å². The number of aliphatic hydroxyl groups excluding tert-OH is 1. The standard InChI is InChI=1S/C14H14N4O/c19-9-8-17-11-13(10-16-17)12-2-4-14(5-3-12)18-7-1-6-15-18/h1-7,10-11,19H,8-9H2. The van der Waals surface area contributed by atoms with Crippen molar-refractivity contribution in [3.8, 4) is 16.8 Å². The summed E-state index contributed by atoms with van der Waals surface area (Å²) in [4.78, 5) is 0. The third-order valence-corrected chi connectivity index (χ3v) is 2.93. The Morgan fingerprint density at radius 3 is 2.58 bits per heavy atom. The molecule has 1 N–H and O–H groups in total. The molecule has 2 aromatic heterocycles. The third-order valence-electron chi connectivity index (χ3n) is 2.93. The summed E-state index contributed by atoms with van der Waals surface area (Å²) in [5.41, 5.74) is 3.16. The van der Waals surface area contributed by atoms with E-state index in [2.05, 4.69) is 10.2 Å². The van der Waals surface area contributed by atoms with E-state index in [-0.39, 0.29) is 6.61 Å². The van der Waals surface area contributed by atoms with Gasteiger partial charge in [0.15, 0.2) is 0 Å². The van der Waals surface area contributed by atoms with E-state index in [1.165, 1.54) is 0 Å². The topological polar surface area (TPSA) is 55.9 Å². The van der Waals surface area contributed by atoms with Crippen molar-refractivity contribution in [2.24, 2.45) is 0 Å². The highest BCUT2D eigenvalue weighted by molar-refractivity contribution is 5.63. The van der Waals surface area contributed by atoms with Crippen molar-refractivity contribution in [2.75, 3.05) is 6.61 Å². The van der Waals surface area contributed by atoms with E-state index in [0.29, 0.717) is 6.54 Å². The van der Waals surface area contributed by atoms with Crippen LogP contribution in [0.1, 0.15) is 0 Å². The fourth-order valence-electron chi connectivity index (χ4n) is 1.97. The maximum absolute atomic E-state index is 8.87. The smallest absolute Gasteiger partial charge is 0.0645 e. The molecule has 5 heteroatoms. The van der Waals surface area contributed by atoms with Crippen molar-refractivity contribution in [1.29, 1.82) is 0 Å². The molecule has 0 saturated heterocycles. The first-order chi connectivity index (χ1) is 9.36. The zero-order valence-electron chi connectivity index (χ0n) is 10.3. The largest absolute Gasteiger partial charge is 0.394 e. The first kappa shape index (κ1) is 11.7. The van der Waals surface area contributed by atoms with Gasteiger partial charge >= 0.3 is 0 Å². The minimum atomic E-state index is 0.0966. The summed E-state index contributed by atoms with van der Waals surface area (Å²) >= 11 is 0. The average molecular weight is 254 g/mol. The fraction of sp³-hybridized carbons (Fsp3) is 0.143. The summed E-state index contributed by atoms with van der Waals surface area (Å²) in [7, 11) is 0. The number of hydrogen-bond acceptors (Lipinski definition) is 3. The quantitative estimate of drug-likeness (QED) is 0.771. The molecule has 0 fully saturated rings. The van der Waals surface area contributed by atoms with Crippen molar-refractivity contribution in [3.05, 3.63) is 55.1 Å². The molecule has 0 atom stereocenters. The van der Waals surface area contributed by atoms with Crippen molar-refractivity contribution < 1.29 is 5.11 Å². The van der Waals surface area contributed by atoms with Gasteiger partial charge in [-0.25, -0.2) is 4.68 Å². The van der Waals surface area contributed by atoms with Crippen LogP contribution in [0, 0.1) is 0 Å². The minimum absolute atomic E-state index is 0.0966. The summed E-state index contributed by atoms with van der Waals surface area (Å²) in [5, 5.41) is 17.3. The van der Waals surface area contributed by atoms with Crippen molar-refractivity contribution in [3.63, 3.8) is 0 Å². The lowest BCUT2D eigenvalue weighted by molar-refractivity contribution is 0.269. The van der Waals surface area contributed by atoms with E-state index < -0.39 is 0 Å². The van der Waals surface area contributed by atoms with Gasteiger partial charge in [-0.3, -0.25) is 4.68 Å². The molecule has 1 aromatic carbocycles. The lowest BCUT2D eigenvalue weighted by atomic mass is 10.1. The van der Waals surface area contributed by atoms with Gasteiger partial charge in [0.1, 0.15) is 0 Å². The molecule has 0 aliphatic rings. The molecule has 19 heavy (non-hydrogen) atoms. The Morgan fingerprint density at radius 2 is 1.89 bits per heavy atom. The van der Waals surface area contributed by atoms with Crippen LogP contribution in [-0.4, -0.2) is 31.3 Å². The van der Waals surface area contributed by atoms with Gasteiger partial charge in [-0.1, -0.05) is 12.1 Å². The van der Waals surface area contributed by atoms with E-state index >= 15 is 0 Å². The second-order valence-electron chi connectivity index (χ2n) is 4.21. The zero-order chi connectivity index (χ0) is 13.1. The van der Waals surface area contributed by atoms with Gasteiger partial charge in [0, 0.05) is 24.2 Å². The first-order valence-electron chi connectivity index (χ1n) is 6.10. The second kappa shape index (κ2) is 5.07. The van der Waals surface area contributed by atoms with Crippen molar-refractivity contribution in [1.82, 2.24) is 19.6 Å². The molecule has 0 amide bonds. The summed E-state index contributed by atoms with van der Waals surface area (Å²) in [6.45, 7) is 0.616. The van der Waals surface area contributed by atoms with Crippen molar-refractivity contribution in [2.45, 2.75) is 6.54 Å². The maximum atomic E-state index is 8.87. The number of hydrogen-bond donors (Lipinski definition) is 1. The molecule has 2 heterocycles. The van der Waals surface area contributed by atoms with Gasteiger partial charge in [-0.15, -0.1) is 0 Å². The molecular weight excluding hydrogens is 240 g/mol. The van der Waals surface area contributed by atoms with Crippen LogP contribution in [0.4, 0.5) is 0 Å². The summed E-state index contributed by atoms with van der Waals surface area (Å²) in [5.74, 6) is 0. The number of benzene rings is 1. The first-order valence-corrected chi connectivity index (χ1v) is 6.10. The van der Waals surface area contributed by atoms with Gasteiger partial charge in [0.2, 0.25) is 0 Å². The SMILES string of the molecule is OCCn1cc(-c2ccc(-n3cccn3)cc2)cn1. The van der Waals surface area contributed by atoms with Crippen LogP contribution in [0.15, 0.2) is 55.1 Å². The summed E-state index contributed by atoms with van der Waals surface area (Å²) in [6, 6.07) is 10.0. The average Bonchev–Trinajstić information content (AvgIpc) is 3.10. The highest BCUT2D eigenvalue weighted by Crippen LogP contribution is 2.20. The summed E-state index contributed by atoms with van der Waals surface area (Å²) < 4.78 is 3.55. The molecule has 0 aliphatic carbocycles. The molecule has 0 unspecified atom stereocenters. The predicted molar refractivity (Wildman–Crippen MR) is 71.9 cm³/mol. The predicted octanol–water partition coefficient (Wildman–Crippen LogP) is 1.73. The normalized spacial score (nSPS) is 10.8. The van der Waals surface area contributed by atoms with E-state index in [1.807, 2.05) is 47.4 Å². The van der Waals surface area contributed by atoms with E-state index in [9.17, 15) is 0 Å². The molecule has 0 bridgehead atoms. The van der Waals surface area contributed by atoms with Crippen LogP contribution in [0.25, 0.3) is 16.8 Å². The number of rotatable bonds is 4. The number of aliphatic hydroxyl groups is 1. The molecule has 96 valence electrons. The van der Waals surface area contributed by atoms with Crippen molar-refractivity contribution >= 4 is 0 Å². The second-order valence-corrected chi connectivity index (χ2v) is 4.21. The van der Waals surface area contributed by atoms with Crippen LogP contribution in [0.3, 0.4) is 0 Å². The molecule has 0 radical (unpaired) electrons. The van der Waals surface area contributed by atoms with Gasteiger partial charge in [0.05, 0.1) is 25.0 Å². The Hall–Kier alpha value is -2.40. The Kier molecular flexibility index (Phi) is 3.12. The Balaban J connectivity index is 1.85. The van der Waals surface area contributed by atoms with Gasteiger partial charge in [-0.05, 0) is 23.8 Å². The molecule has 0 saturated carbocycles. The van der Waals surface area contributed by atoms with E-state index in [4.69, 9.17) is 5.11 Å². The van der Waals surface area contributed by atoms with Crippen LogP contribution < -0.4 is 0 Å². The molecule has 3 aromatic rings. The Morgan fingerprint density at radius 1 is 1.05 bits per heavy atom. The van der Waals surface area contributed by atoms with Gasteiger partial charge in [0.25, 0.3) is 0 Å². The minimum Gasteiger partial charge on any atom is -0.394 e. The monoisotopic (exact) mass is 254 g/mol. The molecule has 0 spiro atoms. The number of nitrogens with zero attached hydrogens (tertiary/aromatic N) is 4.